The fourth-order valence-electron chi connectivity index (χ4n) is 2.56. The Hall–Kier alpha value is -2.66. The van der Waals surface area contributed by atoms with Crippen LogP contribution in [0.3, 0.4) is 0 Å². The van der Waals surface area contributed by atoms with E-state index in [9.17, 15) is 0 Å². The lowest BCUT2D eigenvalue weighted by Gasteiger charge is -2.18. The molecule has 4 rings (SSSR count). The normalized spacial score (nSPS) is 13.5. The Bertz CT molecular complexity index is 839. The van der Waals surface area contributed by atoms with Gasteiger partial charge in [0.25, 0.3) is 0 Å². The number of hydrogen-bond donors (Lipinski definition) is 0. The molecule has 0 aromatic carbocycles. The second-order valence-corrected chi connectivity index (χ2v) is 5.42. The molecule has 22 heavy (non-hydrogen) atoms. The molecule has 0 atom stereocenters. The maximum Gasteiger partial charge on any atom is 0.129 e. The van der Waals surface area contributed by atoms with Crippen molar-refractivity contribution in [3.63, 3.8) is 0 Å². The van der Waals surface area contributed by atoms with Gasteiger partial charge in [0.1, 0.15) is 10.8 Å². The van der Waals surface area contributed by atoms with Gasteiger partial charge in [0.05, 0.1) is 36.0 Å². The molecule has 0 bridgehead atoms. The zero-order chi connectivity index (χ0) is 15.1. The number of anilines is 1. The minimum Gasteiger partial charge on any atom is -0.334 e. The molecule has 1 aliphatic heterocycles. The van der Waals surface area contributed by atoms with Crippen molar-refractivity contribution in [2.45, 2.75) is 6.54 Å². The summed E-state index contributed by atoms with van der Waals surface area (Å²) in [5.41, 5.74) is 4.80. The molecule has 0 unspecified atom stereocenters. The lowest BCUT2D eigenvalue weighted by molar-refractivity contribution is 0.858. The summed E-state index contributed by atoms with van der Waals surface area (Å²) in [5, 5.41) is 5.09. The molecular formula is C16H12ClN5. The monoisotopic (exact) mass is 309 g/mol. The molecule has 108 valence electrons. The van der Waals surface area contributed by atoms with E-state index in [0.29, 0.717) is 5.15 Å². The summed E-state index contributed by atoms with van der Waals surface area (Å²) in [7, 11) is 0. The molecule has 5 nitrogen and oxygen atoms in total. The first-order valence-electron chi connectivity index (χ1n) is 6.80. The van der Waals surface area contributed by atoms with Gasteiger partial charge in [-0.05, 0) is 24.3 Å². The number of hydrogen-bond acceptors (Lipinski definition) is 4. The summed E-state index contributed by atoms with van der Waals surface area (Å²) in [5.74, 6) is 0. The van der Waals surface area contributed by atoms with Crippen molar-refractivity contribution in [1.29, 1.82) is 0 Å². The summed E-state index contributed by atoms with van der Waals surface area (Å²) < 4.78 is 1.81. The van der Waals surface area contributed by atoms with Crippen LogP contribution < -0.4 is 4.90 Å². The molecule has 0 spiro atoms. The Morgan fingerprint density at radius 1 is 1.14 bits per heavy atom. The third kappa shape index (κ3) is 2.07. The predicted octanol–water partition coefficient (Wildman–Crippen LogP) is 3.31. The summed E-state index contributed by atoms with van der Waals surface area (Å²) in [4.78, 5) is 10.3. The molecule has 0 saturated heterocycles. The van der Waals surface area contributed by atoms with E-state index in [2.05, 4.69) is 26.5 Å². The molecule has 0 amide bonds. The largest absolute Gasteiger partial charge is 0.334 e. The highest BCUT2D eigenvalue weighted by Crippen LogP contribution is 2.34. The van der Waals surface area contributed by atoms with E-state index in [4.69, 9.17) is 11.6 Å². The zero-order valence-corrected chi connectivity index (χ0v) is 12.4. The minimum atomic E-state index is 0.468. The summed E-state index contributed by atoms with van der Waals surface area (Å²) in [6.07, 6.45) is 7.29. The van der Waals surface area contributed by atoms with Crippen LogP contribution in [-0.2, 0) is 6.54 Å². The lowest BCUT2D eigenvalue weighted by atomic mass is 10.3. The Kier molecular flexibility index (Phi) is 2.94. The average molecular weight is 310 g/mol. The maximum absolute atomic E-state index is 5.82. The van der Waals surface area contributed by atoms with Crippen molar-refractivity contribution in [2.75, 3.05) is 4.90 Å². The van der Waals surface area contributed by atoms with Gasteiger partial charge in [-0.25, -0.2) is 9.67 Å². The highest BCUT2D eigenvalue weighted by Gasteiger charge is 2.27. The molecule has 0 N–H and O–H groups in total. The first-order chi connectivity index (χ1) is 10.7. The molecule has 0 fully saturated rings. The number of aromatic nitrogens is 4. The second kappa shape index (κ2) is 4.96. The summed E-state index contributed by atoms with van der Waals surface area (Å²) in [6, 6.07) is 7.57. The number of fused-ring (bicyclic) bond motifs is 1. The maximum atomic E-state index is 5.82. The van der Waals surface area contributed by atoms with Gasteiger partial charge in [-0.15, -0.1) is 0 Å². The van der Waals surface area contributed by atoms with Gasteiger partial charge >= 0.3 is 0 Å². The fraction of sp³-hybridized carbons (Fsp3) is 0.0625. The minimum absolute atomic E-state index is 0.468. The topological polar surface area (TPSA) is 46.8 Å². The fourth-order valence-corrected chi connectivity index (χ4v) is 2.67. The van der Waals surface area contributed by atoms with Gasteiger partial charge in [-0.1, -0.05) is 18.2 Å². The number of pyridine rings is 2. The standard InChI is InChI=1S/C16H12ClN5/c1-11-16-12(9-21(11)13-3-2-6-18-7-13)10-22(20-16)14-4-5-15(17)19-8-14/h2-8,10H,1,9H2. The van der Waals surface area contributed by atoms with E-state index in [1.54, 1.807) is 23.1 Å². The van der Waals surface area contributed by atoms with E-state index in [0.717, 1.165) is 34.9 Å². The van der Waals surface area contributed by atoms with Crippen LogP contribution in [0, 0.1) is 0 Å². The third-order valence-corrected chi connectivity index (χ3v) is 3.88. The quantitative estimate of drug-likeness (QED) is 0.681. The van der Waals surface area contributed by atoms with Crippen LogP contribution in [0.1, 0.15) is 11.3 Å². The van der Waals surface area contributed by atoms with Crippen LogP contribution >= 0.6 is 11.6 Å². The smallest absolute Gasteiger partial charge is 0.129 e. The SMILES string of the molecule is C=C1c2nn(-c3ccc(Cl)nc3)cc2CN1c1cccnc1. The van der Waals surface area contributed by atoms with E-state index < -0.39 is 0 Å². The van der Waals surface area contributed by atoms with E-state index in [-0.39, 0.29) is 0 Å². The van der Waals surface area contributed by atoms with E-state index >= 15 is 0 Å². The molecule has 3 aromatic heterocycles. The molecule has 0 aliphatic carbocycles. The van der Waals surface area contributed by atoms with Gasteiger partial charge in [0, 0.05) is 18.0 Å². The Morgan fingerprint density at radius 3 is 2.73 bits per heavy atom. The van der Waals surface area contributed by atoms with Crippen molar-refractivity contribution in [3.8, 4) is 5.69 Å². The molecular weight excluding hydrogens is 298 g/mol. The van der Waals surface area contributed by atoms with Crippen molar-refractivity contribution in [2.24, 2.45) is 0 Å². The Morgan fingerprint density at radius 2 is 2.05 bits per heavy atom. The van der Waals surface area contributed by atoms with Crippen LogP contribution in [0.25, 0.3) is 11.4 Å². The van der Waals surface area contributed by atoms with Gasteiger partial charge in [0.15, 0.2) is 0 Å². The van der Waals surface area contributed by atoms with E-state index in [1.165, 1.54) is 0 Å². The average Bonchev–Trinajstić information content (AvgIpc) is 3.09. The highest BCUT2D eigenvalue weighted by molar-refractivity contribution is 6.29. The van der Waals surface area contributed by atoms with Gasteiger partial charge < -0.3 is 4.90 Å². The highest BCUT2D eigenvalue weighted by atomic mass is 35.5. The van der Waals surface area contributed by atoms with Crippen molar-refractivity contribution in [3.05, 3.63) is 72.0 Å². The third-order valence-electron chi connectivity index (χ3n) is 3.65. The van der Waals surface area contributed by atoms with Crippen molar-refractivity contribution < 1.29 is 0 Å². The number of nitrogens with zero attached hydrogens (tertiary/aromatic N) is 5. The number of rotatable bonds is 2. The van der Waals surface area contributed by atoms with Gasteiger partial charge in [-0.2, -0.15) is 5.10 Å². The van der Waals surface area contributed by atoms with Crippen LogP contribution in [0.2, 0.25) is 5.15 Å². The zero-order valence-electron chi connectivity index (χ0n) is 11.6. The first kappa shape index (κ1) is 13.0. The number of halogens is 1. The van der Waals surface area contributed by atoms with E-state index in [1.807, 2.05) is 30.6 Å². The molecule has 1 aliphatic rings. The van der Waals surface area contributed by atoms with Crippen molar-refractivity contribution in [1.82, 2.24) is 19.7 Å². The van der Waals surface area contributed by atoms with Gasteiger partial charge in [0.2, 0.25) is 0 Å². The molecule has 6 heteroatoms. The molecule has 0 saturated carbocycles. The predicted molar refractivity (Wildman–Crippen MR) is 85.8 cm³/mol. The van der Waals surface area contributed by atoms with Crippen LogP contribution in [0.15, 0.2) is 55.6 Å². The van der Waals surface area contributed by atoms with Crippen molar-refractivity contribution >= 4 is 23.0 Å². The first-order valence-corrected chi connectivity index (χ1v) is 7.17. The van der Waals surface area contributed by atoms with Crippen LogP contribution in [-0.4, -0.2) is 19.7 Å². The Labute approximate surface area is 132 Å². The molecule has 4 heterocycles. The summed E-state index contributed by atoms with van der Waals surface area (Å²) in [6.45, 7) is 4.90. The molecule has 0 radical (unpaired) electrons. The Balaban J connectivity index is 1.67. The van der Waals surface area contributed by atoms with Crippen LogP contribution in [0.4, 0.5) is 5.69 Å². The lowest BCUT2D eigenvalue weighted by Crippen LogP contribution is -2.14. The van der Waals surface area contributed by atoms with Crippen LogP contribution in [0.5, 0.6) is 0 Å². The summed E-state index contributed by atoms with van der Waals surface area (Å²) >= 11 is 5.82. The second-order valence-electron chi connectivity index (χ2n) is 5.03. The van der Waals surface area contributed by atoms with Gasteiger partial charge in [-0.3, -0.25) is 4.98 Å². The molecule has 3 aromatic rings.